The van der Waals surface area contributed by atoms with Gasteiger partial charge in [-0.3, -0.25) is 9.59 Å². The van der Waals surface area contributed by atoms with Gasteiger partial charge in [-0.05, 0) is 44.0 Å². The molecule has 1 heterocycles. The highest BCUT2D eigenvalue weighted by Crippen LogP contribution is 2.26. The Morgan fingerprint density at radius 2 is 1.61 bits per heavy atom. The van der Waals surface area contributed by atoms with E-state index < -0.39 is 0 Å². The molecule has 3 aromatic rings. The van der Waals surface area contributed by atoms with Gasteiger partial charge in [0.05, 0.1) is 11.3 Å². The SMILES string of the molecule is Cc1cc(C)c(C(=O)Nc2ccccc2C)c(SCC(=O)c2ccccc2)n1. The second-order valence-corrected chi connectivity index (χ2v) is 7.57. The maximum absolute atomic E-state index is 13.0. The molecular weight excluding hydrogens is 368 g/mol. The highest BCUT2D eigenvalue weighted by Gasteiger charge is 2.19. The Labute approximate surface area is 169 Å². The molecule has 0 fully saturated rings. The number of carbonyl (C=O) groups is 2. The van der Waals surface area contributed by atoms with Crippen LogP contribution in [0, 0.1) is 20.8 Å². The number of carbonyl (C=O) groups excluding carboxylic acids is 2. The summed E-state index contributed by atoms with van der Waals surface area (Å²) >= 11 is 1.30. The van der Waals surface area contributed by atoms with Crippen LogP contribution in [0.15, 0.2) is 65.7 Å². The lowest BCUT2D eigenvalue weighted by Gasteiger charge is -2.14. The maximum atomic E-state index is 13.0. The number of thioether (sulfide) groups is 1. The molecule has 0 aliphatic heterocycles. The molecule has 0 radical (unpaired) electrons. The molecule has 0 saturated carbocycles. The molecule has 0 spiro atoms. The number of ketones is 1. The van der Waals surface area contributed by atoms with E-state index in [4.69, 9.17) is 0 Å². The number of amides is 1. The lowest BCUT2D eigenvalue weighted by molar-refractivity contribution is 0.101. The minimum atomic E-state index is -0.214. The van der Waals surface area contributed by atoms with Gasteiger partial charge < -0.3 is 5.32 Å². The van der Waals surface area contributed by atoms with Crippen LogP contribution in [0.25, 0.3) is 0 Å². The topological polar surface area (TPSA) is 59.1 Å². The van der Waals surface area contributed by atoms with Crippen LogP contribution in [0.3, 0.4) is 0 Å². The molecule has 0 atom stereocenters. The van der Waals surface area contributed by atoms with E-state index in [2.05, 4.69) is 10.3 Å². The molecule has 0 aliphatic carbocycles. The van der Waals surface area contributed by atoms with Gasteiger partial charge in [0.2, 0.25) is 0 Å². The van der Waals surface area contributed by atoms with Crippen LogP contribution >= 0.6 is 11.8 Å². The number of rotatable bonds is 6. The van der Waals surface area contributed by atoms with Crippen LogP contribution in [-0.2, 0) is 0 Å². The van der Waals surface area contributed by atoms with Crippen LogP contribution in [0.2, 0.25) is 0 Å². The van der Waals surface area contributed by atoms with Crippen molar-refractivity contribution < 1.29 is 9.59 Å². The highest BCUT2D eigenvalue weighted by molar-refractivity contribution is 8.00. The lowest BCUT2D eigenvalue weighted by Crippen LogP contribution is -2.17. The molecule has 0 bridgehead atoms. The van der Waals surface area contributed by atoms with E-state index in [1.807, 2.05) is 69.3 Å². The molecule has 0 saturated heterocycles. The predicted molar refractivity (Wildman–Crippen MR) is 114 cm³/mol. The zero-order valence-electron chi connectivity index (χ0n) is 16.2. The fraction of sp³-hybridized carbons (Fsp3) is 0.174. The number of pyridine rings is 1. The fourth-order valence-electron chi connectivity index (χ4n) is 2.92. The summed E-state index contributed by atoms with van der Waals surface area (Å²) in [7, 11) is 0. The lowest BCUT2D eigenvalue weighted by atomic mass is 10.1. The van der Waals surface area contributed by atoms with Gasteiger partial charge in [-0.25, -0.2) is 4.98 Å². The van der Waals surface area contributed by atoms with Gasteiger partial charge >= 0.3 is 0 Å². The first-order valence-electron chi connectivity index (χ1n) is 9.02. The Balaban J connectivity index is 1.84. The first kappa shape index (κ1) is 19.8. The third kappa shape index (κ3) is 4.67. The number of hydrogen-bond acceptors (Lipinski definition) is 4. The normalized spacial score (nSPS) is 10.5. The van der Waals surface area contributed by atoms with Crippen LogP contribution < -0.4 is 5.32 Å². The largest absolute Gasteiger partial charge is 0.322 e. The van der Waals surface area contributed by atoms with E-state index in [0.29, 0.717) is 16.2 Å². The Kier molecular flexibility index (Phi) is 6.26. The van der Waals surface area contributed by atoms with Crippen molar-refractivity contribution in [2.45, 2.75) is 25.8 Å². The Morgan fingerprint density at radius 3 is 2.32 bits per heavy atom. The van der Waals surface area contributed by atoms with Crippen LogP contribution in [0.1, 0.15) is 37.5 Å². The molecule has 3 rings (SSSR count). The average Bonchev–Trinajstić information content (AvgIpc) is 2.68. The number of nitrogens with one attached hydrogen (secondary N) is 1. The summed E-state index contributed by atoms with van der Waals surface area (Å²) < 4.78 is 0. The molecule has 0 unspecified atom stereocenters. The minimum Gasteiger partial charge on any atom is -0.322 e. The molecule has 1 amide bonds. The average molecular weight is 391 g/mol. The minimum absolute atomic E-state index is 0.0109. The van der Waals surface area contributed by atoms with Crippen molar-refractivity contribution in [1.82, 2.24) is 4.98 Å². The summed E-state index contributed by atoms with van der Waals surface area (Å²) in [6, 6.07) is 18.7. The summed E-state index contributed by atoms with van der Waals surface area (Å²) in [5.41, 5.74) is 4.59. The first-order valence-corrected chi connectivity index (χ1v) is 10.0. The Bertz CT molecular complexity index is 1020. The number of benzene rings is 2. The van der Waals surface area contributed by atoms with Gasteiger partial charge in [-0.2, -0.15) is 0 Å². The molecule has 142 valence electrons. The molecule has 0 aliphatic rings. The van der Waals surface area contributed by atoms with Crippen molar-refractivity contribution in [3.63, 3.8) is 0 Å². The summed E-state index contributed by atoms with van der Waals surface area (Å²) in [5, 5.41) is 3.55. The summed E-state index contributed by atoms with van der Waals surface area (Å²) in [6.07, 6.45) is 0. The third-order valence-corrected chi connectivity index (χ3v) is 5.34. The number of para-hydroxylation sites is 1. The highest BCUT2D eigenvalue weighted by atomic mass is 32.2. The second-order valence-electron chi connectivity index (χ2n) is 6.61. The van der Waals surface area contributed by atoms with E-state index in [1.54, 1.807) is 12.1 Å². The van der Waals surface area contributed by atoms with Crippen molar-refractivity contribution in [1.29, 1.82) is 0 Å². The molecule has 5 heteroatoms. The van der Waals surface area contributed by atoms with E-state index in [-0.39, 0.29) is 17.4 Å². The monoisotopic (exact) mass is 390 g/mol. The Morgan fingerprint density at radius 1 is 0.929 bits per heavy atom. The molecule has 2 aromatic carbocycles. The molecule has 4 nitrogen and oxygen atoms in total. The van der Waals surface area contributed by atoms with Crippen molar-refractivity contribution in [3.8, 4) is 0 Å². The van der Waals surface area contributed by atoms with Crippen molar-refractivity contribution in [2.24, 2.45) is 0 Å². The number of nitrogens with zero attached hydrogens (tertiary/aromatic N) is 1. The van der Waals surface area contributed by atoms with E-state index in [1.165, 1.54) is 11.8 Å². The fourth-order valence-corrected chi connectivity index (χ4v) is 3.96. The van der Waals surface area contributed by atoms with Gasteiger partial charge in [0.15, 0.2) is 5.78 Å². The smallest absolute Gasteiger partial charge is 0.258 e. The van der Waals surface area contributed by atoms with Crippen molar-refractivity contribution >= 4 is 29.1 Å². The molecular formula is C23H22N2O2S. The van der Waals surface area contributed by atoms with Gasteiger partial charge in [-0.1, -0.05) is 60.3 Å². The quantitative estimate of drug-likeness (QED) is 0.462. The Hall–Kier alpha value is -2.92. The number of aryl methyl sites for hydroxylation is 3. The van der Waals surface area contributed by atoms with Crippen molar-refractivity contribution in [2.75, 3.05) is 11.1 Å². The maximum Gasteiger partial charge on any atom is 0.258 e. The zero-order valence-corrected chi connectivity index (χ0v) is 17.0. The van der Waals surface area contributed by atoms with Crippen molar-refractivity contribution in [3.05, 3.63) is 88.6 Å². The van der Waals surface area contributed by atoms with Gasteiger partial charge in [0.1, 0.15) is 5.03 Å². The third-order valence-electron chi connectivity index (χ3n) is 4.37. The number of hydrogen-bond donors (Lipinski definition) is 1. The first-order chi connectivity index (χ1) is 13.5. The molecule has 28 heavy (non-hydrogen) atoms. The molecule has 1 N–H and O–H groups in total. The molecule has 1 aromatic heterocycles. The van der Waals surface area contributed by atoms with E-state index >= 15 is 0 Å². The number of aromatic nitrogens is 1. The zero-order chi connectivity index (χ0) is 20.1. The predicted octanol–water partition coefficient (Wildman–Crippen LogP) is 5.23. The van der Waals surface area contributed by atoms with Gasteiger partial charge in [0.25, 0.3) is 5.91 Å². The van der Waals surface area contributed by atoms with E-state index in [9.17, 15) is 9.59 Å². The number of anilines is 1. The van der Waals surface area contributed by atoms with Gasteiger partial charge in [-0.15, -0.1) is 0 Å². The van der Waals surface area contributed by atoms with Crippen LogP contribution in [0.5, 0.6) is 0 Å². The summed E-state index contributed by atoms with van der Waals surface area (Å²) in [6.45, 7) is 5.73. The standard InChI is InChI=1S/C23H22N2O2S/c1-15-9-7-8-12-19(15)25-22(27)21-16(2)13-17(3)24-23(21)28-14-20(26)18-10-5-4-6-11-18/h4-13H,14H2,1-3H3,(H,25,27). The van der Waals surface area contributed by atoms with Gasteiger partial charge in [0, 0.05) is 16.9 Å². The summed E-state index contributed by atoms with van der Waals surface area (Å²) in [4.78, 5) is 30.0. The summed E-state index contributed by atoms with van der Waals surface area (Å²) in [5.74, 6) is 0.0238. The van der Waals surface area contributed by atoms with Crippen LogP contribution in [0.4, 0.5) is 5.69 Å². The number of Topliss-reactive ketones (excluding diaryl/α,β-unsaturated/α-hetero) is 1. The van der Waals surface area contributed by atoms with E-state index in [0.717, 1.165) is 22.5 Å². The van der Waals surface area contributed by atoms with Crippen LogP contribution in [-0.4, -0.2) is 22.4 Å². The second kappa shape index (κ2) is 8.85.